The van der Waals surface area contributed by atoms with Gasteiger partial charge in [-0.3, -0.25) is 25.2 Å². The highest BCUT2D eigenvalue weighted by atomic mass is 79.9. The third kappa shape index (κ3) is 3.67. The fourth-order valence-electron chi connectivity index (χ4n) is 2.48. The lowest BCUT2D eigenvalue weighted by molar-refractivity contribution is -0.129. The molecule has 3 rings (SSSR count). The zero-order valence-corrected chi connectivity index (χ0v) is 14.1. The molecule has 3 heterocycles. The number of likely N-dealkylation sites (tertiary alicyclic amines) is 1. The van der Waals surface area contributed by atoms with Crippen LogP contribution in [0, 0.1) is 5.92 Å². The van der Waals surface area contributed by atoms with E-state index in [4.69, 9.17) is 4.42 Å². The van der Waals surface area contributed by atoms with Crippen molar-refractivity contribution in [1.82, 2.24) is 20.7 Å². The Morgan fingerprint density at radius 2 is 2.25 bits per heavy atom. The first-order chi connectivity index (χ1) is 11.5. The van der Waals surface area contributed by atoms with E-state index >= 15 is 0 Å². The molecule has 0 aromatic carbocycles. The SMILES string of the molecule is O=C(NNC(=O)[C@H]1CC(=O)N(Cc2ccco2)C1)c1cc(Br)c[nH]1. The van der Waals surface area contributed by atoms with E-state index in [1.165, 1.54) is 6.26 Å². The van der Waals surface area contributed by atoms with Crippen LogP contribution in [0.25, 0.3) is 0 Å². The van der Waals surface area contributed by atoms with Crippen molar-refractivity contribution in [3.8, 4) is 0 Å². The van der Waals surface area contributed by atoms with Gasteiger partial charge in [0.1, 0.15) is 11.5 Å². The maximum atomic E-state index is 12.1. The van der Waals surface area contributed by atoms with Gasteiger partial charge in [0.15, 0.2) is 0 Å². The van der Waals surface area contributed by atoms with Crippen LogP contribution < -0.4 is 10.9 Å². The van der Waals surface area contributed by atoms with Gasteiger partial charge < -0.3 is 14.3 Å². The van der Waals surface area contributed by atoms with Crippen molar-refractivity contribution in [1.29, 1.82) is 0 Å². The van der Waals surface area contributed by atoms with Crippen LogP contribution in [0.1, 0.15) is 22.7 Å². The molecule has 1 saturated heterocycles. The Morgan fingerprint density at radius 1 is 1.42 bits per heavy atom. The van der Waals surface area contributed by atoms with Gasteiger partial charge in [-0.25, -0.2) is 0 Å². The zero-order chi connectivity index (χ0) is 17.1. The number of aromatic nitrogens is 1. The zero-order valence-electron chi connectivity index (χ0n) is 12.5. The van der Waals surface area contributed by atoms with Crippen LogP contribution in [0.2, 0.25) is 0 Å². The van der Waals surface area contributed by atoms with Crippen LogP contribution in [0.5, 0.6) is 0 Å². The molecule has 0 spiro atoms. The first-order valence-corrected chi connectivity index (χ1v) is 8.06. The van der Waals surface area contributed by atoms with Crippen molar-refractivity contribution in [3.05, 3.63) is 46.6 Å². The van der Waals surface area contributed by atoms with Crippen molar-refractivity contribution in [2.24, 2.45) is 5.92 Å². The molecule has 0 unspecified atom stereocenters. The molecule has 0 bridgehead atoms. The number of rotatable bonds is 4. The van der Waals surface area contributed by atoms with Crippen molar-refractivity contribution in [2.75, 3.05) is 6.54 Å². The minimum atomic E-state index is -0.511. The fraction of sp³-hybridized carbons (Fsp3) is 0.267. The third-order valence-corrected chi connectivity index (χ3v) is 4.16. The second kappa shape index (κ2) is 6.91. The molecule has 3 N–H and O–H groups in total. The molecule has 0 saturated carbocycles. The van der Waals surface area contributed by atoms with E-state index in [1.54, 1.807) is 29.3 Å². The maximum Gasteiger partial charge on any atom is 0.286 e. The Labute approximate surface area is 145 Å². The van der Waals surface area contributed by atoms with Crippen molar-refractivity contribution < 1.29 is 18.8 Å². The Morgan fingerprint density at radius 3 is 2.92 bits per heavy atom. The smallest absolute Gasteiger partial charge is 0.286 e. The predicted molar refractivity (Wildman–Crippen MR) is 86.3 cm³/mol. The Balaban J connectivity index is 1.50. The number of hydrazine groups is 1. The summed E-state index contributed by atoms with van der Waals surface area (Å²) >= 11 is 3.22. The van der Waals surface area contributed by atoms with Crippen LogP contribution in [0.3, 0.4) is 0 Å². The van der Waals surface area contributed by atoms with E-state index in [0.29, 0.717) is 18.0 Å². The summed E-state index contributed by atoms with van der Waals surface area (Å²) in [6.07, 6.45) is 3.25. The molecule has 0 aliphatic carbocycles. The average Bonchev–Trinajstić information content (AvgIpc) is 3.28. The van der Waals surface area contributed by atoms with Crippen LogP contribution in [-0.2, 0) is 16.1 Å². The van der Waals surface area contributed by atoms with Crippen molar-refractivity contribution in [2.45, 2.75) is 13.0 Å². The number of aromatic amines is 1. The summed E-state index contributed by atoms with van der Waals surface area (Å²) in [4.78, 5) is 40.3. The molecule has 2 aromatic rings. The van der Waals surface area contributed by atoms with E-state index in [-0.39, 0.29) is 18.9 Å². The molecule has 8 nitrogen and oxygen atoms in total. The molecule has 3 amide bonds. The minimum Gasteiger partial charge on any atom is -0.467 e. The molecular formula is C15H15BrN4O4. The van der Waals surface area contributed by atoms with E-state index in [9.17, 15) is 14.4 Å². The Hall–Kier alpha value is -2.55. The van der Waals surface area contributed by atoms with Gasteiger partial charge in [-0.15, -0.1) is 0 Å². The summed E-state index contributed by atoms with van der Waals surface area (Å²) in [6.45, 7) is 0.619. The Bertz CT molecular complexity index is 755. The lowest BCUT2D eigenvalue weighted by Crippen LogP contribution is -2.45. The third-order valence-electron chi connectivity index (χ3n) is 3.70. The highest BCUT2D eigenvalue weighted by Gasteiger charge is 2.34. The number of nitrogens with zero attached hydrogens (tertiary/aromatic N) is 1. The quantitative estimate of drug-likeness (QED) is 0.676. The number of hydrogen-bond acceptors (Lipinski definition) is 4. The summed E-state index contributed by atoms with van der Waals surface area (Å²) in [5.41, 5.74) is 4.99. The molecular weight excluding hydrogens is 380 g/mol. The number of carbonyl (C=O) groups excluding carboxylic acids is 3. The van der Waals surface area contributed by atoms with Crippen molar-refractivity contribution >= 4 is 33.7 Å². The maximum absolute atomic E-state index is 12.1. The average molecular weight is 395 g/mol. The number of nitrogens with one attached hydrogen (secondary N) is 3. The summed E-state index contributed by atoms with van der Waals surface area (Å²) in [5, 5.41) is 0. The van der Waals surface area contributed by atoms with Crippen molar-refractivity contribution in [3.63, 3.8) is 0 Å². The second-order valence-electron chi connectivity index (χ2n) is 5.43. The molecule has 1 aliphatic rings. The first-order valence-electron chi connectivity index (χ1n) is 7.27. The fourth-order valence-corrected chi connectivity index (χ4v) is 2.82. The summed E-state index contributed by atoms with van der Waals surface area (Å²) in [6, 6.07) is 5.11. The van der Waals surface area contributed by atoms with Gasteiger partial charge in [0.2, 0.25) is 11.8 Å². The molecule has 9 heteroatoms. The second-order valence-corrected chi connectivity index (χ2v) is 6.35. The topological polar surface area (TPSA) is 107 Å². The molecule has 1 fully saturated rings. The normalized spacial score (nSPS) is 17.1. The first kappa shape index (κ1) is 16.3. The van der Waals surface area contributed by atoms with Gasteiger partial charge in [-0.2, -0.15) is 0 Å². The number of amides is 3. The molecule has 1 atom stereocenters. The number of hydrogen-bond donors (Lipinski definition) is 3. The van der Waals surface area contributed by atoms with Gasteiger partial charge in [0, 0.05) is 23.6 Å². The van der Waals surface area contributed by atoms with Gasteiger partial charge in [0.25, 0.3) is 5.91 Å². The number of halogens is 1. The summed E-state index contributed by atoms with van der Waals surface area (Å²) in [5.74, 6) is -0.834. The predicted octanol–water partition coefficient (Wildman–Crippen LogP) is 1.18. The van der Waals surface area contributed by atoms with Crippen LogP contribution in [0.4, 0.5) is 0 Å². The van der Waals surface area contributed by atoms with Gasteiger partial charge in [-0.1, -0.05) is 0 Å². The lowest BCUT2D eigenvalue weighted by atomic mass is 10.1. The van der Waals surface area contributed by atoms with E-state index < -0.39 is 17.7 Å². The molecule has 1 aliphatic heterocycles. The van der Waals surface area contributed by atoms with Crippen LogP contribution in [-0.4, -0.2) is 34.2 Å². The highest BCUT2D eigenvalue weighted by Crippen LogP contribution is 2.20. The highest BCUT2D eigenvalue weighted by molar-refractivity contribution is 9.10. The lowest BCUT2D eigenvalue weighted by Gasteiger charge is -2.15. The Kier molecular flexibility index (Phi) is 4.70. The number of carbonyl (C=O) groups is 3. The summed E-state index contributed by atoms with van der Waals surface area (Å²) < 4.78 is 5.94. The molecule has 126 valence electrons. The van der Waals surface area contributed by atoms with Crippen LogP contribution >= 0.6 is 15.9 Å². The largest absolute Gasteiger partial charge is 0.467 e. The van der Waals surface area contributed by atoms with Gasteiger partial charge in [0.05, 0.1) is 18.7 Å². The number of H-pyrrole nitrogens is 1. The molecule has 24 heavy (non-hydrogen) atoms. The monoisotopic (exact) mass is 394 g/mol. The van der Waals surface area contributed by atoms with E-state index in [0.717, 1.165) is 4.47 Å². The van der Waals surface area contributed by atoms with E-state index in [2.05, 4.69) is 31.8 Å². The minimum absolute atomic E-state index is 0.108. The molecule has 0 radical (unpaired) electrons. The number of furan rings is 1. The standard InChI is InChI=1S/C15H15BrN4O4/c16-10-5-12(17-6-10)15(23)19-18-14(22)9-4-13(21)20(7-9)8-11-2-1-3-24-11/h1-3,5-6,9,17H,4,7-8H2,(H,18,22)(H,19,23)/t9-/m0/s1. The van der Waals surface area contributed by atoms with Gasteiger partial charge >= 0.3 is 0 Å². The summed E-state index contributed by atoms with van der Waals surface area (Å²) in [7, 11) is 0. The van der Waals surface area contributed by atoms with Gasteiger partial charge in [-0.05, 0) is 34.1 Å². The van der Waals surface area contributed by atoms with E-state index in [1.807, 2.05) is 0 Å². The molecule has 2 aromatic heterocycles. The van der Waals surface area contributed by atoms with Crippen LogP contribution in [0.15, 0.2) is 39.5 Å².